The van der Waals surface area contributed by atoms with Crippen LogP contribution in [0.5, 0.6) is 0 Å². The molecule has 0 aromatic heterocycles. The highest BCUT2D eigenvalue weighted by Gasteiger charge is 2.37. The second kappa shape index (κ2) is 5.55. The Morgan fingerprint density at radius 1 is 1.36 bits per heavy atom. The average molecular weight is 326 g/mol. The average Bonchev–Trinajstić information content (AvgIpc) is 2.26. The molecule has 0 aliphatic carbocycles. The van der Waals surface area contributed by atoms with Crippen molar-refractivity contribution in [2.24, 2.45) is 5.14 Å². The number of primary sulfonamides is 1. The third-order valence-corrected chi connectivity index (χ3v) is 4.50. The molecule has 7 heteroatoms. The number of nitrogens with two attached hydrogens (primary N) is 1. The van der Waals surface area contributed by atoms with E-state index < -0.39 is 15.6 Å². The molecule has 1 aromatic rings. The van der Waals surface area contributed by atoms with Crippen LogP contribution in [0.25, 0.3) is 0 Å². The molecule has 22 heavy (non-hydrogen) atoms. The standard InChI is InChI=1S/C15H22N2O4S/c1-10-5-6-11(22(16,19)20)9-12(10)13-7-8-17(13)14(18)21-15(2,3)4/h5-6,9,13H,7-8H2,1-4H3,(H2,16,19,20). The number of benzene rings is 1. The molecule has 1 saturated heterocycles. The highest BCUT2D eigenvalue weighted by Crippen LogP contribution is 2.36. The second-order valence-electron chi connectivity index (χ2n) is 6.54. The Kier molecular flexibility index (Phi) is 4.23. The lowest BCUT2D eigenvalue weighted by atomic mass is 9.92. The van der Waals surface area contributed by atoms with E-state index >= 15 is 0 Å². The molecule has 1 amide bonds. The zero-order chi connectivity index (χ0) is 16.7. The van der Waals surface area contributed by atoms with Gasteiger partial charge in [-0.05, 0) is 57.4 Å². The zero-order valence-electron chi connectivity index (χ0n) is 13.3. The minimum Gasteiger partial charge on any atom is -0.444 e. The first-order valence-electron chi connectivity index (χ1n) is 7.12. The van der Waals surface area contributed by atoms with Gasteiger partial charge in [0.05, 0.1) is 10.9 Å². The predicted molar refractivity (Wildman–Crippen MR) is 82.9 cm³/mol. The lowest BCUT2D eigenvalue weighted by Gasteiger charge is -2.42. The third-order valence-electron chi connectivity index (χ3n) is 3.59. The summed E-state index contributed by atoms with van der Waals surface area (Å²) in [4.78, 5) is 13.8. The van der Waals surface area contributed by atoms with E-state index in [4.69, 9.17) is 9.88 Å². The smallest absolute Gasteiger partial charge is 0.410 e. The summed E-state index contributed by atoms with van der Waals surface area (Å²) in [6.45, 7) is 7.91. The van der Waals surface area contributed by atoms with Crippen LogP contribution in [0.1, 0.15) is 44.4 Å². The van der Waals surface area contributed by atoms with Crippen LogP contribution in [0, 0.1) is 6.92 Å². The Morgan fingerprint density at radius 2 is 2.00 bits per heavy atom. The second-order valence-corrected chi connectivity index (χ2v) is 8.10. The molecule has 1 aliphatic heterocycles. The number of aryl methyl sites for hydroxylation is 1. The molecule has 2 N–H and O–H groups in total. The van der Waals surface area contributed by atoms with Crippen molar-refractivity contribution in [3.63, 3.8) is 0 Å². The minimum absolute atomic E-state index is 0.0594. The first-order valence-corrected chi connectivity index (χ1v) is 8.66. The molecule has 2 rings (SSSR count). The summed E-state index contributed by atoms with van der Waals surface area (Å²) in [5.74, 6) is 0. The van der Waals surface area contributed by atoms with Gasteiger partial charge in [0.1, 0.15) is 5.60 Å². The maximum atomic E-state index is 12.2. The summed E-state index contributed by atoms with van der Waals surface area (Å²) in [7, 11) is -3.76. The fraction of sp³-hybridized carbons (Fsp3) is 0.533. The van der Waals surface area contributed by atoms with Gasteiger partial charge in [-0.25, -0.2) is 18.4 Å². The monoisotopic (exact) mass is 326 g/mol. The molecule has 1 heterocycles. The Labute approximate surface area is 131 Å². The Balaban J connectivity index is 2.27. The van der Waals surface area contributed by atoms with Crippen LogP contribution in [-0.2, 0) is 14.8 Å². The molecular formula is C15H22N2O4S. The van der Waals surface area contributed by atoms with Gasteiger partial charge in [0, 0.05) is 6.54 Å². The highest BCUT2D eigenvalue weighted by molar-refractivity contribution is 7.89. The minimum atomic E-state index is -3.76. The van der Waals surface area contributed by atoms with Crippen molar-refractivity contribution in [3.8, 4) is 0 Å². The quantitative estimate of drug-likeness (QED) is 0.903. The van der Waals surface area contributed by atoms with Gasteiger partial charge in [0.15, 0.2) is 0 Å². The molecule has 0 bridgehead atoms. The molecule has 1 unspecified atom stereocenters. The summed E-state index contributed by atoms with van der Waals surface area (Å²) in [6.07, 6.45) is 0.387. The molecule has 0 radical (unpaired) electrons. The van der Waals surface area contributed by atoms with Crippen LogP contribution in [-0.4, -0.2) is 31.6 Å². The van der Waals surface area contributed by atoms with Crippen LogP contribution >= 0.6 is 0 Å². The summed E-state index contributed by atoms with van der Waals surface area (Å²) in [6, 6.07) is 4.56. The summed E-state index contributed by atoms with van der Waals surface area (Å²) in [5, 5.41) is 5.18. The van der Waals surface area contributed by atoms with Gasteiger partial charge in [0.25, 0.3) is 0 Å². The van der Waals surface area contributed by atoms with Crippen molar-refractivity contribution in [1.82, 2.24) is 4.90 Å². The summed E-state index contributed by atoms with van der Waals surface area (Å²) >= 11 is 0. The number of ether oxygens (including phenoxy) is 1. The van der Waals surface area contributed by atoms with E-state index in [0.29, 0.717) is 6.54 Å². The lowest BCUT2D eigenvalue weighted by molar-refractivity contribution is -0.00586. The summed E-state index contributed by atoms with van der Waals surface area (Å²) < 4.78 is 28.4. The lowest BCUT2D eigenvalue weighted by Crippen LogP contribution is -2.47. The number of rotatable bonds is 2. The molecule has 1 aliphatic rings. The zero-order valence-corrected chi connectivity index (χ0v) is 14.1. The van der Waals surface area contributed by atoms with E-state index in [1.165, 1.54) is 6.07 Å². The number of amides is 1. The van der Waals surface area contributed by atoms with E-state index in [-0.39, 0.29) is 17.0 Å². The molecule has 1 atom stereocenters. The van der Waals surface area contributed by atoms with Crippen molar-refractivity contribution in [1.29, 1.82) is 0 Å². The van der Waals surface area contributed by atoms with E-state index in [1.54, 1.807) is 17.0 Å². The normalized spacial score (nSPS) is 18.8. The number of carbonyl (C=O) groups excluding carboxylic acids is 1. The van der Waals surface area contributed by atoms with Gasteiger partial charge in [0.2, 0.25) is 10.0 Å². The first-order chi connectivity index (χ1) is 9.99. The molecule has 122 valence electrons. The van der Waals surface area contributed by atoms with Gasteiger partial charge in [-0.2, -0.15) is 0 Å². The maximum Gasteiger partial charge on any atom is 0.410 e. The van der Waals surface area contributed by atoms with Crippen LogP contribution < -0.4 is 5.14 Å². The number of nitrogens with zero attached hydrogens (tertiary/aromatic N) is 1. The predicted octanol–water partition coefficient (Wildman–Crippen LogP) is 2.32. The number of carbonyl (C=O) groups is 1. The third kappa shape index (κ3) is 3.59. The Bertz CT molecular complexity index is 692. The number of sulfonamides is 1. The van der Waals surface area contributed by atoms with Crippen LogP contribution in [0.2, 0.25) is 0 Å². The van der Waals surface area contributed by atoms with Gasteiger partial charge in [-0.1, -0.05) is 6.07 Å². The SMILES string of the molecule is Cc1ccc(S(N)(=O)=O)cc1C1CCN1C(=O)OC(C)(C)C. The Morgan fingerprint density at radius 3 is 2.45 bits per heavy atom. The fourth-order valence-corrected chi connectivity index (χ4v) is 2.95. The van der Waals surface area contributed by atoms with E-state index in [0.717, 1.165) is 17.5 Å². The molecule has 1 fully saturated rings. The van der Waals surface area contributed by atoms with Crippen molar-refractivity contribution < 1.29 is 17.9 Å². The van der Waals surface area contributed by atoms with E-state index in [2.05, 4.69) is 0 Å². The molecule has 0 saturated carbocycles. The summed E-state index contributed by atoms with van der Waals surface area (Å²) in [5.41, 5.74) is 1.16. The van der Waals surface area contributed by atoms with Crippen LogP contribution in [0.15, 0.2) is 23.1 Å². The van der Waals surface area contributed by atoms with Crippen LogP contribution in [0.4, 0.5) is 4.79 Å². The van der Waals surface area contributed by atoms with Gasteiger partial charge >= 0.3 is 6.09 Å². The van der Waals surface area contributed by atoms with Crippen molar-refractivity contribution in [2.45, 2.75) is 50.7 Å². The van der Waals surface area contributed by atoms with E-state index in [1.807, 2.05) is 27.7 Å². The topological polar surface area (TPSA) is 89.7 Å². The Hall–Kier alpha value is -1.60. The van der Waals surface area contributed by atoms with Gasteiger partial charge in [-0.15, -0.1) is 0 Å². The van der Waals surface area contributed by atoms with Gasteiger partial charge in [-0.3, -0.25) is 0 Å². The number of hydrogen-bond acceptors (Lipinski definition) is 4. The van der Waals surface area contributed by atoms with Crippen molar-refractivity contribution in [3.05, 3.63) is 29.3 Å². The van der Waals surface area contributed by atoms with Crippen molar-refractivity contribution in [2.75, 3.05) is 6.54 Å². The van der Waals surface area contributed by atoms with Gasteiger partial charge < -0.3 is 9.64 Å². The fourth-order valence-electron chi connectivity index (χ4n) is 2.40. The van der Waals surface area contributed by atoms with Crippen LogP contribution in [0.3, 0.4) is 0 Å². The van der Waals surface area contributed by atoms with Crippen molar-refractivity contribution >= 4 is 16.1 Å². The largest absolute Gasteiger partial charge is 0.444 e. The molecule has 1 aromatic carbocycles. The first kappa shape index (κ1) is 16.8. The highest BCUT2D eigenvalue weighted by atomic mass is 32.2. The maximum absolute atomic E-state index is 12.2. The molecule has 0 spiro atoms. The molecule has 6 nitrogen and oxygen atoms in total. The van der Waals surface area contributed by atoms with E-state index in [9.17, 15) is 13.2 Å². The molecular weight excluding hydrogens is 304 g/mol. The number of hydrogen-bond donors (Lipinski definition) is 1. The number of likely N-dealkylation sites (tertiary alicyclic amines) is 1.